The molecule has 0 aromatic carbocycles. The van der Waals surface area contributed by atoms with E-state index in [0.29, 0.717) is 11.7 Å². The fourth-order valence-electron chi connectivity index (χ4n) is 0.961. The molecule has 0 saturated carbocycles. The smallest absolute Gasteiger partial charge is 0.237 e. The summed E-state index contributed by atoms with van der Waals surface area (Å²) in [5.74, 6) is 10.7. The normalized spacial score (nSPS) is 11.5. The van der Waals surface area contributed by atoms with E-state index in [1.165, 1.54) is 0 Å². The second-order valence-electron chi connectivity index (χ2n) is 2.55. The van der Waals surface area contributed by atoms with E-state index in [9.17, 15) is 0 Å². The van der Waals surface area contributed by atoms with Crippen LogP contribution in [0.1, 0.15) is 18.2 Å². The van der Waals surface area contributed by atoms with Crippen LogP contribution in [0.2, 0.25) is 0 Å². The first-order valence-electron chi connectivity index (χ1n) is 3.74. The Morgan fingerprint density at radius 2 is 2.31 bits per heavy atom. The Kier molecular flexibility index (Phi) is 2.76. The molecule has 0 fully saturated rings. The quantitative estimate of drug-likeness (QED) is 0.331. The van der Waals surface area contributed by atoms with Crippen molar-refractivity contribution in [1.29, 1.82) is 0 Å². The Morgan fingerprint density at radius 1 is 1.62 bits per heavy atom. The second kappa shape index (κ2) is 3.81. The molecule has 0 bridgehead atoms. The van der Waals surface area contributed by atoms with Gasteiger partial charge in [-0.2, -0.15) is 5.10 Å². The molecular formula is C7H12N6. The van der Waals surface area contributed by atoms with Crippen molar-refractivity contribution in [3.05, 3.63) is 17.5 Å². The first kappa shape index (κ1) is 9.40. The summed E-state index contributed by atoms with van der Waals surface area (Å²) in [6.07, 6.45) is 1.63. The van der Waals surface area contributed by atoms with E-state index in [1.807, 2.05) is 6.92 Å². The van der Waals surface area contributed by atoms with Crippen molar-refractivity contribution >= 4 is 11.7 Å². The highest BCUT2D eigenvalue weighted by Crippen LogP contribution is 2.06. The van der Waals surface area contributed by atoms with Gasteiger partial charge in [-0.1, -0.05) is 0 Å². The van der Waals surface area contributed by atoms with Crippen LogP contribution in [0, 0.1) is 6.92 Å². The average molecular weight is 180 g/mol. The van der Waals surface area contributed by atoms with Crippen LogP contribution >= 0.6 is 0 Å². The maximum atomic E-state index is 5.15. The molecule has 1 aromatic rings. The molecule has 1 aromatic heterocycles. The topological polar surface area (TPSA) is 102 Å². The highest BCUT2D eigenvalue weighted by atomic mass is 15.3. The summed E-state index contributed by atoms with van der Waals surface area (Å²) in [6.45, 7) is 3.63. The molecule has 1 rings (SSSR count). The van der Waals surface area contributed by atoms with E-state index in [1.54, 1.807) is 13.1 Å². The van der Waals surface area contributed by atoms with Crippen LogP contribution in [-0.4, -0.2) is 15.7 Å². The highest BCUT2D eigenvalue weighted by Gasteiger charge is 2.04. The van der Waals surface area contributed by atoms with E-state index < -0.39 is 0 Å². The number of aryl methyl sites for hydroxylation is 1. The van der Waals surface area contributed by atoms with Gasteiger partial charge in [0.2, 0.25) is 5.95 Å². The summed E-state index contributed by atoms with van der Waals surface area (Å²) < 4.78 is 0. The Hall–Kier alpha value is -1.69. The molecule has 13 heavy (non-hydrogen) atoms. The third-order valence-corrected chi connectivity index (χ3v) is 1.69. The maximum Gasteiger partial charge on any atom is 0.237 e. The number of hydrazine groups is 1. The van der Waals surface area contributed by atoms with Crippen LogP contribution in [-0.2, 0) is 0 Å². The molecule has 0 radical (unpaired) electrons. The predicted molar refractivity (Wildman–Crippen MR) is 51.0 cm³/mol. The minimum absolute atomic E-state index is 0.381. The summed E-state index contributed by atoms with van der Waals surface area (Å²) in [7, 11) is 0. The van der Waals surface area contributed by atoms with Crippen LogP contribution in [0.4, 0.5) is 5.95 Å². The Balaban J connectivity index is 3.12. The van der Waals surface area contributed by atoms with Crippen LogP contribution < -0.4 is 17.1 Å². The molecule has 0 aliphatic carbocycles. The summed E-state index contributed by atoms with van der Waals surface area (Å²) in [5.41, 5.74) is 4.66. The van der Waals surface area contributed by atoms with Crippen LogP contribution in [0.3, 0.4) is 0 Å². The van der Waals surface area contributed by atoms with Gasteiger partial charge in [0.05, 0.1) is 11.4 Å². The maximum absolute atomic E-state index is 5.15. The molecule has 6 heteroatoms. The van der Waals surface area contributed by atoms with Crippen molar-refractivity contribution in [1.82, 2.24) is 9.97 Å². The van der Waals surface area contributed by atoms with Crippen LogP contribution in [0.5, 0.6) is 0 Å². The molecule has 5 N–H and O–H groups in total. The standard InChI is InChI=1S/C7H12N6/c1-4-6(5(2)12-8)3-10-7(11-4)13-9/h3H,8-9H2,1-2H3,(H,10,11,13)/b12-5+. The number of aromatic nitrogens is 2. The zero-order chi connectivity index (χ0) is 9.84. The van der Waals surface area contributed by atoms with Crippen molar-refractivity contribution in [3.63, 3.8) is 0 Å². The lowest BCUT2D eigenvalue weighted by Gasteiger charge is -2.04. The summed E-state index contributed by atoms with van der Waals surface area (Å²) in [5, 5.41) is 3.56. The Labute approximate surface area is 76.0 Å². The number of rotatable bonds is 2. The Morgan fingerprint density at radius 3 is 2.77 bits per heavy atom. The minimum atomic E-state index is 0.381. The Bertz CT molecular complexity index is 332. The first-order chi connectivity index (χ1) is 6.19. The third-order valence-electron chi connectivity index (χ3n) is 1.69. The lowest BCUT2D eigenvalue weighted by Crippen LogP contribution is -2.13. The highest BCUT2D eigenvalue weighted by molar-refractivity contribution is 5.99. The molecule has 6 nitrogen and oxygen atoms in total. The van der Waals surface area contributed by atoms with E-state index >= 15 is 0 Å². The molecule has 0 amide bonds. The minimum Gasteiger partial charge on any atom is -0.323 e. The van der Waals surface area contributed by atoms with Gasteiger partial charge in [0.15, 0.2) is 0 Å². The van der Waals surface area contributed by atoms with Gasteiger partial charge in [-0.05, 0) is 13.8 Å². The SMILES string of the molecule is C/C(=N\N)c1cnc(NN)nc1C. The lowest BCUT2D eigenvalue weighted by molar-refractivity contribution is 1.06. The van der Waals surface area contributed by atoms with E-state index in [0.717, 1.165) is 11.3 Å². The summed E-state index contributed by atoms with van der Waals surface area (Å²) >= 11 is 0. The van der Waals surface area contributed by atoms with Gasteiger partial charge >= 0.3 is 0 Å². The summed E-state index contributed by atoms with van der Waals surface area (Å²) in [4.78, 5) is 8.02. The average Bonchev–Trinajstić information content (AvgIpc) is 2.16. The van der Waals surface area contributed by atoms with Gasteiger partial charge in [0.25, 0.3) is 0 Å². The second-order valence-corrected chi connectivity index (χ2v) is 2.55. The van der Waals surface area contributed by atoms with Crippen molar-refractivity contribution in [2.75, 3.05) is 5.43 Å². The number of nitrogen functional groups attached to an aromatic ring is 1. The fourth-order valence-corrected chi connectivity index (χ4v) is 0.961. The molecular weight excluding hydrogens is 168 g/mol. The van der Waals surface area contributed by atoms with E-state index in [-0.39, 0.29) is 0 Å². The number of hydrazone groups is 1. The van der Waals surface area contributed by atoms with Crippen molar-refractivity contribution < 1.29 is 0 Å². The van der Waals surface area contributed by atoms with Gasteiger partial charge in [-0.3, -0.25) is 5.43 Å². The van der Waals surface area contributed by atoms with Crippen molar-refractivity contribution in [3.8, 4) is 0 Å². The van der Waals surface area contributed by atoms with Crippen LogP contribution in [0.15, 0.2) is 11.3 Å². The van der Waals surface area contributed by atoms with Gasteiger partial charge in [-0.15, -0.1) is 0 Å². The first-order valence-corrected chi connectivity index (χ1v) is 3.74. The molecule has 0 atom stereocenters. The number of nitrogens with two attached hydrogens (primary N) is 2. The van der Waals surface area contributed by atoms with Crippen molar-refractivity contribution in [2.24, 2.45) is 16.8 Å². The zero-order valence-electron chi connectivity index (χ0n) is 7.57. The number of nitrogens with one attached hydrogen (secondary N) is 1. The van der Waals surface area contributed by atoms with E-state index in [2.05, 4.69) is 20.5 Å². The lowest BCUT2D eigenvalue weighted by atomic mass is 10.2. The number of hydrogen-bond acceptors (Lipinski definition) is 6. The molecule has 0 unspecified atom stereocenters. The number of hydrogen-bond donors (Lipinski definition) is 3. The zero-order valence-corrected chi connectivity index (χ0v) is 7.57. The monoisotopic (exact) mass is 180 g/mol. The largest absolute Gasteiger partial charge is 0.323 e. The summed E-state index contributed by atoms with van der Waals surface area (Å²) in [6, 6.07) is 0. The van der Waals surface area contributed by atoms with Gasteiger partial charge in [0, 0.05) is 11.8 Å². The van der Waals surface area contributed by atoms with E-state index in [4.69, 9.17) is 11.7 Å². The van der Waals surface area contributed by atoms with Gasteiger partial charge < -0.3 is 5.84 Å². The third kappa shape index (κ3) is 1.91. The molecule has 0 aliphatic heterocycles. The predicted octanol–water partition coefficient (Wildman–Crippen LogP) is -0.247. The van der Waals surface area contributed by atoms with Crippen LogP contribution in [0.25, 0.3) is 0 Å². The molecule has 0 saturated heterocycles. The molecule has 70 valence electrons. The number of nitrogens with zero attached hydrogens (tertiary/aromatic N) is 3. The molecule has 0 spiro atoms. The van der Waals surface area contributed by atoms with Gasteiger partial charge in [-0.25, -0.2) is 15.8 Å². The van der Waals surface area contributed by atoms with Crippen molar-refractivity contribution in [2.45, 2.75) is 13.8 Å². The molecule has 0 aliphatic rings. The van der Waals surface area contributed by atoms with Gasteiger partial charge in [0.1, 0.15) is 0 Å². The molecule has 1 heterocycles. The fraction of sp³-hybridized carbons (Fsp3) is 0.286. The number of anilines is 1.